The lowest BCUT2D eigenvalue weighted by molar-refractivity contribution is 0.952. The lowest BCUT2D eigenvalue weighted by Gasteiger charge is -2.08. The van der Waals surface area contributed by atoms with Crippen molar-refractivity contribution in [1.82, 2.24) is 0 Å². The zero-order chi connectivity index (χ0) is 10.4. The zero-order valence-corrected chi connectivity index (χ0v) is 9.34. The average Bonchev–Trinajstić information content (AvgIpc) is 2.25. The topological polar surface area (TPSA) is 0 Å². The van der Waals surface area contributed by atoms with Crippen LogP contribution in [0.25, 0.3) is 0 Å². The highest BCUT2D eigenvalue weighted by molar-refractivity contribution is 5.32. The third-order valence-corrected chi connectivity index (χ3v) is 2.68. The van der Waals surface area contributed by atoms with Crippen LogP contribution in [0, 0.1) is 0 Å². The fraction of sp³-hybridized carbons (Fsp3) is 0.429. The molecule has 1 rings (SSSR count). The van der Waals surface area contributed by atoms with E-state index in [9.17, 15) is 0 Å². The second-order valence-electron chi connectivity index (χ2n) is 3.64. The van der Waals surface area contributed by atoms with Crippen molar-refractivity contribution < 1.29 is 0 Å². The molecule has 0 heteroatoms. The van der Waals surface area contributed by atoms with E-state index in [-0.39, 0.29) is 0 Å². The summed E-state index contributed by atoms with van der Waals surface area (Å²) in [6.45, 7) is 8.20. The van der Waals surface area contributed by atoms with Crippen molar-refractivity contribution in [2.45, 2.75) is 39.5 Å². The van der Waals surface area contributed by atoms with Crippen LogP contribution < -0.4 is 0 Å². The first kappa shape index (κ1) is 11.0. The van der Waals surface area contributed by atoms with Gasteiger partial charge in [-0.05, 0) is 42.4 Å². The number of aryl methyl sites for hydroxylation is 3. The Hall–Kier alpha value is -1.04. The minimum Gasteiger partial charge on any atom is -0.103 e. The van der Waals surface area contributed by atoms with Gasteiger partial charge in [0.1, 0.15) is 0 Å². The molecular weight excluding hydrogens is 168 g/mol. The van der Waals surface area contributed by atoms with Gasteiger partial charge in [-0.25, -0.2) is 0 Å². The molecule has 14 heavy (non-hydrogen) atoms. The van der Waals surface area contributed by atoms with E-state index in [1.165, 1.54) is 16.7 Å². The predicted octanol–water partition coefficient (Wildman–Crippen LogP) is 3.93. The summed E-state index contributed by atoms with van der Waals surface area (Å²) in [5.74, 6) is 0. The van der Waals surface area contributed by atoms with Crippen LogP contribution in [0.15, 0.2) is 30.9 Å². The van der Waals surface area contributed by atoms with E-state index in [0.29, 0.717) is 0 Å². The maximum atomic E-state index is 3.77. The summed E-state index contributed by atoms with van der Waals surface area (Å²) in [7, 11) is 0. The van der Waals surface area contributed by atoms with Gasteiger partial charge in [-0.15, -0.1) is 6.58 Å². The van der Waals surface area contributed by atoms with Crippen LogP contribution in [0.2, 0.25) is 0 Å². The molecule has 0 radical (unpaired) electrons. The first-order valence-corrected chi connectivity index (χ1v) is 5.53. The Balaban J connectivity index is 2.89. The Labute approximate surface area is 87.7 Å². The molecule has 0 fully saturated rings. The van der Waals surface area contributed by atoms with Gasteiger partial charge in [0.2, 0.25) is 0 Å². The molecule has 0 aliphatic heterocycles. The van der Waals surface area contributed by atoms with E-state index in [2.05, 4.69) is 38.6 Å². The van der Waals surface area contributed by atoms with Gasteiger partial charge in [-0.3, -0.25) is 0 Å². The van der Waals surface area contributed by atoms with Gasteiger partial charge in [-0.2, -0.15) is 0 Å². The first-order valence-electron chi connectivity index (χ1n) is 5.53. The van der Waals surface area contributed by atoms with Crippen molar-refractivity contribution in [2.24, 2.45) is 0 Å². The van der Waals surface area contributed by atoms with Crippen LogP contribution in [-0.2, 0) is 19.3 Å². The molecule has 0 spiro atoms. The van der Waals surface area contributed by atoms with Crippen molar-refractivity contribution in [2.75, 3.05) is 0 Å². The van der Waals surface area contributed by atoms with Gasteiger partial charge in [-0.1, -0.05) is 38.1 Å². The van der Waals surface area contributed by atoms with Crippen molar-refractivity contribution >= 4 is 0 Å². The highest BCUT2D eigenvalue weighted by Gasteiger charge is 2.00. The van der Waals surface area contributed by atoms with E-state index in [1.807, 2.05) is 6.08 Å². The third-order valence-electron chi connectivity index (χ3n) is 2.68. The maximum Gasteiger partial charge on any atom is -0.0241 e. The normalized spacial score (nSPS) is 10.1. The monoisotopic (exact) mass is 188 g/mol. The molecule has 1 aromatic carbocycles. The summed E-state index contributed by atoms with van der Waals surface area (Å²) in [5.41, 5.74) is 4.44. The van der Waals surface area contributed by atoms with Gasteiger partial charge >= 0.3 is 0 Å². The Morgan fingerprint density at radius 1 is 1.14 bits per heavy atom. The number of hydrogen-bond donors (Lipinski definition) is 0. The molecule has 0 unspecified atom stereocenters. The number of rotatable bonds is 5. The number of hydrogen-bond acceptors (Lipinski definition) is 0. The summed E-state index contributed by atoms with van der Waals surface area (Å²) < 4.78 is 0. The van der Waals surface area contributed by atoms with E-state index in [1.54, 1.807) is 0 Å². The van der Waals surface area contributed by atoms with Gasteiger partial charge in [0, 0.05) is 0 Å². The van der Waals surface area contributed by atoms with Gasteiger partial charge in [0.25, 0.3) is 0 Å². The van der Waals surface area contributed by atoms with Crippen LogP contribution in [0.1, 0.15) is 37.0 Å². The van der Waals surface area contributed by atoms with Crippen molar-refractivity contribution in [1.29, 1.82) is 0 Å². The van der Waals surface area contributed by atoms with Crippen LogP contribution >= 0.6 is 0 Å². The summed E-state index contributed by atoms with van der Waals surface area (Å²) in [5, 5.41) is 0. The molecule has 0 heterocycles. The maximum absolute atomic E-state index is 3.77. The van der Waals surface area contributed by atoms with Crippen molar-refractivity contribution in [3.63, 3.8) is 0 Å². The second kappa shape index (κ2) is 5.64. The molecule has 0 saturated carbocycles. The first-order chi connectivity index (χ1) is 6.81. The van der Waals surface area contributed by atoms with E-state index in [0.717, 1.165) is 25.7 Å². The summed E-state index contributed by atoms with van der Waals surface area (Å²) in [6.07, 6.45) is 6.49. The highest BCUT2D eigenvalue weighted by atomic mass is 14.1. The third kappa shape index (κ3) is 2.73. The predicted molar refractivity (Wildman–Crippen MR) is 63.7 cm³/mol. The molecule has 0 aliphatic carbocycles. The molecule has 0 nitrogen and oxygen atoms in total. The van der Waals surface area contributed by atoms with E-state index < -0.39 is 0 Å². The Bertz CT molecular complexity index is 297. The smallest absolute Gasteiger partial charge is 0.0241 e. The van der Waals surface area contributed by atoms with Crippen LogP contribution in [0.3, 0.4) is 0 Å². The summed E-state index contributed by atoms with van der Waals surface area (Å²) >= 11 is 0. The molecule has 0 aromatic heterocycles. The minimum absolute atomic E-state index is 1.08. The van der Waals surface area contributed by atoms with Gasteiger partial charge < -0.3 is 0 Å². The molecule has 0 N–H and O–H groups in total. The molecule has 0 amide bonds. The molecule has 0 saturated heterocycles. The second-order valence-corrected chi connectivity index (χ2v) is 3.64. The minimum atomic E-state index is 1.08. The van der Waals surface area contributed by atoms with Crippen molar-refractivity contribution in [3.05, 3.63) is 47.5 Å². The average molecular weight is 188 g/mol. The Morgan fingerprint density at radius 2 is 1.93 bits per heavy atom. The molecule has 0 atom stereocenters. The fourth-order valence-corrected chi connectivity index (χ4v) is 1.73. The number of benzene rings is 1. The molecule has 76 valence electrons. The lowest BCUT2D eigenvalue weighted by Crippen LogP contribution is -1.94. The Kier molecular flexibility index (Phi) is 4.45. The van der Waals surface area contributed by atoms with Crippen LogP contribution in [-0.4, -0.2) is 0 Å². The van der Waals surface area contributed by atoms with Crippen LogP contribution in [0.4, 0.5) is 0 Å². The zero-order valence-electron chi connectivity index (χ0n) is 9.34. The lowest BCUT2D eigenvalue weighted by atomic mass is 9.97. The van der Waals surface area contributed by atoms with E-state index in [4.69, 9.17) is 0 Å². The summed E-state index contributed by atoms with van der Waals surface area (Å²) in [6, 6.07) is 6.87. The molecule has 0 aliphatic rings. The van der Waals surface area contributed by atoms with Gasteiger partial charge in [0.05, 0.1) is 0 Å². The SMILES string of the molecule is C=CCCc1cc(CC)ccc1CC. The van der Waals surface area contributed by atoms with Crippen molar-refractivity contribution in [3.8, 4) is 0 Å². The Morgan fingerprint density at radius 3 is 2.50 bits per heavy atom. The molecule has 1 aromatic rings. The number of allylic oxidation sites excluding steroid dienone is 1. The largest absolute Gasteiger partial charge is 0.103 e. The fourth-order valence-electron chi connectivity index (χ4n) is 1.73. The quantitative estimate of drug-likeness (QED) is 0.614. The molecular formula is C14H20. The standard InChI is InChI=1S/C14H20/c1-4-7-8-14-11-12(5-2)9-10-13(14)6-3/h4,9-11H,1,5-8H2,2-3H3. The van der Waals surface area contributed by atoms with Crippen LogP contribution in [0.5, 0.6) is 0 Å². The highest BCUT2D eigenvalue weighted by Crippen LogP contribution is 2.15. The molecule has 0 bridgehead atoms. The van der Waals surface area contributed by atoms with E-state index >= 15 is 0 Å². The van der Waals surface area contributed by atoms with Gasteiger partial charge in [0.15, 0.2) is 0 Å². The summed E-state index contributed by atoms with van der Waals surface area (Å²) in [4.78, 5) is 0.